The summed E-state index contributed by atoms with van der Waals surface area (Å²) < 4.78 is 33.8. The van der Waals surface area contributed by atoms with Gasteiger partial charge in [0.1, 0.15) is 22.8 Å². The number of amides is 1. The summed E-state index contributed by atoms with van der Waals surface area (Å²) in [4.78, 5) is 14.8. The Bertz CT molecular complexity index is 1120. The number of hydrogen-bond donors (Lipinski definition) is 1. The Balaban J connectivity index is 1.52. The van der Waals surface area contributed by atoms with Crippen LogP contribution in [0.3, 0.4) is 0 Å². The quantitative estimate of drug-likeness (QED) is 0.827. The van der Waals surface area contributed by atoms with Crippen molar-refractivity contribution in [1.82, 2.24) is 4.90 Å². The van der Waals surface area contributed by atoms with Gasteiger partial charge in [-0.3, -0.25) is 4.79 Å². The van der Waals surface area contributed by atoms with Crippen LogP contribution < -0.4 is 10.1 Å². The van der Waals surface area contributed by atoms with E-state index in [1.807, 2.05) is 6.07 Å². The molecule has 0 unspecified atom stereocenters. The van der Waals surface area contributed by atoms with Crippen molar-refractivity contribution in [2.45, 2.75) is 23.8 Å². The SMILES string of the molecule is N#CCOc1ccc(NC(=O)[C@@H]2CCCN2C2=NS(=O)(=O)c3ccccc32)cc1. The van der Waals surface area contributed by atoms with E-state index in [0.29, 0.717) is 35.8 Å². The average molecular weight is 410 g/mol. The van der Waals surface area contributed by atoms with Crippen LogP contribution in [0.1, 0.15) is 18.4 Å². The van der Waals surface area contributed by atoms with Crippen molar-refractivity contribution in [2.24, 2.45) is 4.40 Å². The van der Waals surface area contributed by atoms with Crippen molar-refractivity contribution in [3.05, 3.63) is 54.1 Å². The number of hydrogen-bond acceptors (Lipinski definition) is 6. The third kappa shape index (κ3) is 3.67. The molecule has 0 aliphatic carbocycles. The van der Waals surface area contributed by atoms with Crippen LogP contribution >= 0.6 is 0 Å². The summed E-state index contributed by atoms with van der Waals surface area (Å²) in [6.07, 6.45) is 1.37. The number of ether oxygens (including phenoxy) is 1. The predicted molar refractivity (Wildman–Crippen MR) is 106 cm³/mol. The number of nitriles is 1. The molecule has 1 N–H and O–H groups in total. The highest BCUT2D eigenvalue weighted by molar-refractivity contribution is 7.90. The number of benzene rings is 2. The number of likely N-dealkylation sites (tertiary alicyclic amines) is 1. The van der Waals surface area contributed by atoms with Crippen LogP contribution in [-0.4, -0.2) is 44.3 Å². The summed E-state index contributed by atoms with van der Waals surface area (Å²) in [5.41, 5.74) is 1.12. The van der Waals surface area contributed by atoms with Gasteiger partial charge in [0, 0.05) is 17.8 Å². The molecule has 1 fully saturated rings. The zero-order chi connectivity index (χ0) is 20.4. The highest BCUT2D eigenvalue weighted by Crippen LogP contribution is 2.31. The standard InChI is InChI=1S/C20H18N4O4S/c21-11-13-28-15-9-7-14(8-10-15)22-20(25)17-5-3-12-24(17)19-16-4-1-2-6-18(16)29(26,27)23-19/h1-2,4,6-10,17H,3,5,12-13H2,(H,22,25)/t17-/m0/s1. The smallest absolute Gasteiger partial charge is 0.285 e. The number of carbonyl (C=O) groups excluding carboxylic acids is 1. The van der Waals surface area contributed by atoms with Crippen molar-refractivity contribution in [1.29, 1.82) is 5.26 Å². The molecule has 2 aromatic rings. The molecule has 8 nitrogen and oxygen atoms in total. The van der Waals surface area contributed by atoms with Crippen LogP contribution in [-0.2, 0) is 14.8 Å². The number of carbonyl (C=O) groups is 1. The third-order valence-electron chi connectivity index (χ3n) is 4.87. The largest absolute Gasteiger partial charge is 0.479 e. The number of nitrogens with zero attached hydrogens (tertiary/aromatic N) is 3. The topological polar surface area (TPSA) is 112 Å². The lowest BCUT2D eigenvalue weighted by Gasteiger charge is -2.25. The Morgan fingerprint density at radius 1 is 1.24 bits per heavy atom. The van der Waals surface area contributed by atoms with E-state index in [-0.39, 0.29) is 17.4 Å². The number of amidine groups is 1. The Hall–Kier alpha value is -3.38. The van der Waals surface area contributed by atoms with E-state index in [9.17, 15) is 13.2 Å². The van der Waals surface area contributed by atoms with E-state index in [1.54, 1.807) is 47.4 Å². The first-order valence-corrected chi connectivity index (χ1v) is 10.6. The van der Waals surface area contributed by atoms with Crippen LogP contribution in [0.2, 0.25) is 0 Å². The second-order valence-corrected chi connectivity index (χ2v) is 8.27. The van der Waals surface area contributed by atoms with Gasteiger partial charge in [-0.1, -0.05) is 12.1 Å². The van der Waals surface area contributed by atoms with Gasteiger partial charge < -0.3 is 15.0 Å². The highest BCUT2D eigenvalue weighted by atomic mass is 32.2. The van der Waals surface area contributed by atoms with E-state index in [0.717, 1.165) is 6.42 Å². The molecule has 29 heavy (non-hydrogen) atoms. The Kier molecular flexibility index (Phi) is 4.94. The second-order valence-electron chi connectivity index (χ2n) is 6.70. The Morgan fingerprint density at radius 3 is 2.76 bits per heavy atom. The minimum atomic E-state index is -3.73. The van der Waals surface area contributed by atoms with Crippen molar-refractivity contribution < 1.29 is 17.9 Å². The van der Waals surface area contributed by atoms with Crippen molar-refractivity contribution in [3.63, 3.8) is 0 Å². The normalized spacial score (nSPS) is 19.2. The summed E-state index contributed by atoms with van der Waals surface area (Å²) >= 11 is 0. The zero-order valence-electron chi connectivity index (χ0n) is 15.4. The fourth-order valence-electron chi connectivity index (χ4n) is 3.56. The third-order valence-corrected chi connectivity index (χ3v) is 6.19. The number of nitrogens with one attached hydrogen (secondary N) is 1. The number of fused-ring (bicyclic) bond motifs is 1. The van der Waals surface area contributed by atoms with Gasteiger partial charge in [-0.2, -0.15) is 13.7 Å². The minimum Gasteiger partial charge on any atom is -0.479 e. The maximum absolute atomic E-state index is 12.9. The first-order valence-electron chi connectivity index (χ1n) is 9.11. The lowest BCUT2D eigenvalue weighted by molar-refractivity contribution is -0.119. The predicted octanol–water partition coefficient (Wildman–Crippen LogP) is 2.14. The maximum Gasteiger partial charge on any atom is 0.285 e. The number of sulfonamides is 1. The molecule has 0 spiro atoms. The van der Waals surface area contributed by atoms with Crippen molar-refractivity contribution >= 4 is 27.5 Å². The van der Waals surface area contributed by atoms with Crippen LogP contribution in [0.25, 0.3) is 0 Å². The van der Waals surface area contributed by atoms with E-state index in [1.165, 1.54) is 6.07 Å². The first kappa shape index (κ1) is 19.0. The molecule has 1 saturated heterocycles. The molecule has 1 amide bonds. The molecule has 0 bridgehead atoms. The molecular formula is C20H18N4O4S. The Labute approximate surface area is 168 Å². The van der Waals surface area contributed by atoms with Crippen molar-refractivity contribution in [3.8, 4) is 11.8 Å². The zero-order valence-corrected chi connectivity index (χ0v) is 16.2. The summed E-state index contributed by atoms with van der Waals surface area (Å²) in [6.45, 7) is 0.511. The molecule has 0 saturated carbocycles. The van der Waals surface area contributed by atoms with Gasteiger partial charge >= 0.3 is 0 Å². The van der Waals surface area contributed by atoms with E-state index in [2.05, 4.69) is 9.71 Å². The second kappa shape index (κ2) is 7.56. The molecule has 2 aliphatic heterocycles. The first-order chi connectivity index (χ1) is 14.0. The number of rotatable bonds is 4. The van der Waals surface area contributed by atoms with Crippen LogP contribution in [0, 0.1) is 11.3 Å². The molecule has 148 valence electrons. The molecule has 2 aromatic carbocycles. The average Bonchev–Trinajstić information content (AvgIpc) is 3.30. The fourth-order valence-corrected chi connectivity index (χ4v) is 4.78. The molecule has 0 radical (unpaired) electrons. The minimum absolute atomic E-state index is 0.0464. The number of anilines is 1. The van der Waals surface area contributed by atoms with Crippen LogP contribution in [0.5, 0.6) is 5.75 Å². The van der Waals surface area contributed by atoms with Gasteiger partial charge in [0.05, 0.1) is 0 Å². The maximum atomic E-state index is 12.9. The van der Waals surface area contributed by atoms with Crippen LogP contribution in [0.4, 0.5) is 5.69 Å². The molecule has 2 heterocycles. The van der Waals surface area contributed by atoms with Gasteiger partial charge in [-0.15, -0.1) is 4.40 Å². The monoisotopic (exact) mass is 410 g/mol. The lowest BCUT2D eigenvalue weighted by atomic mass is 10.1. The summed E-state index contributed by atoms with van der Waals surface area (Å²) in [5.74, 6) is 0.644. The van der Waals surface area contributed by atoms with E-state index >= 15 is 0 Å². The van der Waals surface area contributed by atoms with Gasteiger partial charge in [-0.25, -0.2) is 0 Å². The lowest BCUT2D eigenvalue weighted by Crippen LogP contribution is -2.43. The van der Waals surface area contributed by atoms with Crippen molar-refractivity contribution in [2.75, 3.05) is 18.5 Å². The highest BCUT2D eigenvalue weighted by Gasteiger charge is 2.39. The van der Waals surface area contributed by atoms with Gasteiger partial charge in [-0.05, 0) is 49.2 Å². The van der Waals surface area contributed by atoms with Gasteiger partial charge in [0.15, 0.2) is 12.4 Å². The van der Waals surface area contributed by atoms with E-state index < -0.39 is 16.1 Å². The summed E-state index contributed by atoms with van der Waals surface area (Å²) in [7, 11) is -3.73. The molecular weight excluding hydrogens is 392 g/mol. The van der Waals surface area contributed by atoms with Gasteiger partial charge in [0.2, 0.25) is 5.91 Å². The molecule has 4 rings (SSSR count). The Morgan fingerprint density at radius 2 is 2.00 bits per heavy atom. The van der Waals surface area contributed by atoms with Crippen LogP contribution in [0.15, 0.2) is 57.8 Å². The van der Waals surface area contributed by atoms with E-state index in [4.69, 9.17) is 10.00 Å². The van der Waals surface area contributed by atoms with Gasteiger partial charge in [0.25, 0.3) is 10.0 Å². The molecule has 2 aliphatic rings. The fraction of sp³-hybridized carbons (Fsp3) is 0.250. The molecule has 0 aromatic heterocycles. The molecule has 1 atom stereocenters. The summed E-state index contributed by atoms with van der Waals surface area (Å²) in [6, 6.07) is 14.8. The molecule has 9 heteroatoms. The summed E-state index contributed by atoms with van der Waals surface area (Å²) in [5, 5.41) is 11.4.